The fourth-order valence-electron chi connectivity index (χ4n) is 1.79. The highest BCUT2D eigenvalue weighted by Crippen LogP contribution is 2.24. The predicted molar refractivity (Wildman–Crippen MR) is 71.3 cm³/mol. The van der Waals surface area contributed by atoms with Crippen LogP contribution < -0.4 is 0 Å². The summed E-state index contributed by atoms with van der Waals surface area (Å²) in [5.41, 5.74) is 0.319. The number of Topliss-reactive ketones (excluding diaryl/α,β-unsaturated/α-hetero) is 1. The van der Waals surface area contributed by atoms with Crippen LogP contribution in [0.2, 0.25) is 0 Å². The number of carbonyl (C=O) groups excluding carboxylic acids is 1. The van der Waals surface area contributed by atoms with Gasteiger partial charge in [0.1, 0.15) is 0 Å². The van der Waals surface area contributed by atoms with Gasteiger partial charge < -0.3 is 0 Å². The third kappa shape index (κ3) is 3.80. The van der Waals surface area contributed by atoms with Crippen LogP contribution in [0.15, 0.2) is 40.9 Å². The van der Waals surface area contributed by atoms with Crippen LogP contribution in [0.1, 0.15) is 23.2 Å². The topological polar surface area (TPSA) is 17.1 Å². The molecule has 2 aromatic carbocycles. The first kappa shape index (κ1) is 14.1. The number of hydrogen-bond acceptors (Lipinski definition) is 1. The first-order valence-electron chi connectivity index (χ1n) is 5.64. The molecule has 0 N–H and O–H groups in total. The number of carbonyl (C=O) groups is 1. The van der Waals surface area contributed by atoms with Gasteiger partial charge in [-0.1, -0.05) is 34.1 Å². The molecule has 19 heavy (non-hydrogen) atoms. The molecule has 0 spiro atoms. The maximum absolute atomic E-state index is 12.1. The fourth-order valence-corrected chi connectivity index (χ4v) is 2.17. The Bertz CT molecular complexity index is 620. The second-order valence-corrected chi connectivity index (χ2v) is 5.16. The zero-order valence-corrected chi connectivity index (χ0v) is 11.4. The summed E-state index contributed by atoms with van der Waals surface area (Å²) in [6.07, 6.45) is -5.88. The number of fused-ring (bicyclic) bond motifs is 1. The molecule has 0 atom stereocenters. The van der Waals surface area contributed by atoms with Crippen molar-refractivity contribution in [1.29, 1.82) is 0 Å². The van der Waals surface area contributed by atoms with Crippen molar-refractivity contribution >= 4 is 32.5 Å². The van der Waals surface area contributed by atoms with Crippen LogP contribution in [-0.2, 0) is 0 Å². The minimum absolute atomic E-state index is 0.319. The molecule has 1 nitrogen and oxygen atoms in total. The summed E-state index contributed by atoms with van der Waals surface area (Å²) in [6, 6.07) is 10.5. The zero-order chi connectivity index (χ0) is 14.0. The fraction of sp³-hybridized carbons (Fsp3) is 0.214. The van der Waals surface area contributed by atoms with Gasteiger partial charge in [0, 0.05) is 16.5 Å². The first-order chi connectivity index (χ1) is 8.85. The molecule has 0 aliphatic heterocycles. The molecule has 100 valence electrons. The highest BCUT2D eigenvalue weighted by Gasteiger charge is 2.28. The lowest BCUT2D eigenvalue weighted by Gasteiger charge is -2.06. The van der Waals surface area contributed by atoms with Gasteiger partial charge >= 0.3 is 6.18 Å². The molecule has 2 aromatic rings. The molecule has 0 bridgehead atoms. The van der Waals surface area contributed by atoms with Crippen molar-refractivity contribution in [2.45, 2.75) is 19.0 Å². The van der Waals surface area contributed by atoms with Crippen LogP contribution in [0.25, 0.3) is 10.8 Å². The van der Waals surface area contributed by atoms with Gasteiger partial charge in [-0.05, 0) is 29.0 Å². The molecule has 2 rings (SSSR count). The molecule has 0 amide bonds. The Morgan fingerprint density at radius 2 is 1.68 bits per heavy atom. The lowest BCUT2D eigenvalue weighted by Crippen LogP contribution is -2.10. The van der Waals surface area contributed by atoms with Crippen molar-refractivity contribution in [3.05, 3.63) is 46.4 Å². The van der Waals surface area contributed by atoms with Crippen molar-refractivity contribution in [1.82, 2.24) is 0 Å². The monoisotopic (exact) mass is 330 g/mol. The van der Waals surface area contributed by atoms with Crippen LogP contribution in [-0.4, -0.2) is 12.0 Å². The first-order valence-corrected chi connectivity index (χ1v) is 6.44. The Balaban J connectivity index is 2.21. The minimum atomic E-state index is -4.29. The summed E-state index contributed by atoms with van der Waals surface area (Å²) in [6.45, 7) is 0. The molecule has 0 heterocycles. The van der Waals surface area contributed by atoms with Crippen molar-refractivity contribution in [3.8, 4) is 0 Å². The van der Waals surface area contributed by atoms with Gasteiger partial charge in [-0.15, -0.1) is 0 Å². The molecule has 0 aromatic heterocycles. The molecular weight excluding hydrogens is 321 g/mol. The van der Waals surface area contributed by atoms with Crippen molar-refractivity contribution < 1.29 is 18.0 Å². The quantitative estimate of drug-likeness (QED) is 0.713. The molecule has 0 saturated carbocycles. The lowest BCUT2D eigenvalue weighted by atomic mass is 10.0. The highest BCUT2D eigenvalue weighted by atomic mass is 79.9. The standard InChI is InChI=1S/C14H10BrF3O/c15-12-4-3-9-7-11(2-1-10(9)8-12)13(19)5-6-14(16,17)18/h1-4,7-8H,5-6H2. The molecule has 0 unspecified atom stereocenters. The third-order valence-corrected chi connectivity index (χ3v) is 3.25. The molecule has 0 saturated heterocycles. The van der Waals surface area contributed by atoms with E-state index in [0.717, 1.165) is 15.2 Å². The minimum Gasteiger partial charge on any atom is -0.294 e. The number of alkyl halides is 3. The lowest BCUT2D eigenvalue weighted by molar-refractivity contribution is -0.133. The Hall–Kier alpha value is -1.36. The number of benzene rings is 2. The van der Waals surface area contributed by atoms with Crippen molar-refractivity contribution in [3.63, 3.8) is 0 Å². The van der Waals surface area contributed by atoms with E-state index in [1.807, 2.05) is 18.2 Å². The van der Waals surface area contributed by atoms with Gasteiger partial charge in [-0.3, -0.25) is 4.79 Å². The number of ketones is 1. The second-order valence-electron chi connectivity index (χ2n) is 4.24. The molecule has 0 radical (unpaired) electrons. The van der Waals surface area contributed by atoms with E-state index in [1.54, 1.807) is 18.2 Å². The summed E-state index contributed by atoms with van der Waals surface area (Å²) in [5, 5.41) is 1.77. The maximum Gasteiger partial charge on any atom is 0.389 e. The average Bonchev–Trinajstić information content (AvgIpc) is 2.34. The van der Waals surface area contributed by atoms with E-state index in [9.17, 15) is 18.0 Å². The van der Waals surface area contributed by atoms with Gasteiger partial charge in [0.25, 0.3) is 0 Å². The van der Waals surface area contributed by atoms with Gasteiger partial charge in [-0.25, -0.2) is 0 Å². The normalized spacial score (nSPS) is 11.8. The average molecular weight is 331 g/mol. The summed E-state index contributed by atoms with van der Waals surface area (Å²) in [5.74, 6) is -0.484. The van der Waals surface area contributed by atoms with E-state index in [1.165, 1.54) is 0 Å². The van der Waals surface area contributed by atoms with Crippen molar-refractivity contribution in [2.75, 3.05) is 0 Å². The molecule has 0 aliphatic rings. The van der Waals surface area contributed by atoms with E-state index in [2.05, 4.69) is 15.9 Å². The largest absolute Gasteiger partial charge is 0.389 e. The van der Waals surface area contributed by atoms with Crippen LogP contribution in [0, 0.1) is 0 Å². The summed E-state index contributed by atoms with van der Waals surface area (Å²) < 4.78 is 37.1. The van der Waals surface area contributed by atoms with E-state index >= 15 is 0 Å². The third-order valence-electron chi connectivity index (χ3n) is 2.76. The summed E-state index contributed by atoms with van der Waals surface area (Å²) >= 11 is 3.33. The Labute approximate surface area is 116 Å². The predicted octanol–water partition coefficient (Wildman–Crippen LogP) is 5.13. The summed E-state index contributed by atoms with van der Waals surface area (Å²) in [4.78, 5) is 11.7. The zero-order valence-electron chi connectivity index (χ0n) is 9.80. The second kappa shape index (κ2) is 5.33. The Morgan fingerprint density at radius 1 is 1.05 bits per heavy atom. The van der Waals surface area contributed by atoms with Crippen LogP contribution >= 0.6 is 15.9 Å². The molecular formula is C14H10BrF3O. The van der Waals surface area contributed by atoms with Gasteiger partial charge in [0.15, 0.2) is 5.78 Å². The van der Waals surface area contributed by atoms with E-state index < -0.39 is 24.8 Å². The van der Waals surface area contributed by atoms with Gasteiger partial charge in [0.2, 0.25) is 0 Å². The molecule has 5 heteroatoms. The number of halogens is 4. The number of hydrogen-bond donors (Lipinski definition) is 0. The SMILES string of the molecule is O=C(CCC(F)(F)F)c1ccc2cc(Br)ccc2c1. The number of rotatable bonds is 3. The van der Waals surface area contributed by atoms with E-state index in [0.29, 0.717) is 5.56 Å². The van der Waals surface area contributed by atoms with E-state index in [-0.39, 0.29) is 0 Å². The van der Waals surface area contributed by atoms with Crippen LogP contribution in [0.5, 0.6) is 0 Å². The smallest absolute Gasteiger partial charge is 0.294 e. The van der Waals surface area contributed by atoms with E-state index in [4.69, 9.17) is 0 Å². The molecule has 0 aliphatic carbocycles. The van der Waals surface area contributed by atoms with Crippen molar-refractivity contribution in [2.24, 2.45) is 0 Å². The Kier molecular flexibility index (Phi) is 3.94. The van der Waals surface area contributed by atoms with Crippen LogP contribution in [0.3, 0.4) is 0 Å². The van der Waals surface area contributed by atoms with Gasteiger partial charge in [0.05, 0.1) is 6.42 Å². The van der Waals surface area contributed by atoms with Gasteiger partial charge in [-0.2, -0.15) is 13.2 Å². The highest BCUT2D eigenvalue weighted by molar-refractivity contribution is 9.10. The van der Waals surface area contributed by atoms with Crippen LogP contribution in [0.4, 0.5) is 13.2 Å². The Morgan fingerprint density at radius 3 is 2.37 bits per heavy atom. The maximum atomic E-state index is 12.1. The molecule has 0 fully saturated rings. The summed E-state index contributed by atoms with van der Waals surface area (Å²) in [7, 11) is 0.